The van der Waals surface area contributed by atoms with Gasteiger partial charge in [-0.2, -0.15) is 5.10 Å². The van der Waals surface area contributed by atoms with Crippen molar-refractivity contribution in [1.82, 2.24) is 19.4 Å². The minimum atomic E-state index is -3.78. The summed E-state index contributed by atoms with van der Waals surface area (Å²) >= 11 is 6.26. The molecule has 2 aromatic rings. The monoisotopic (exact) mass is 416 g/mol. The second-order valence-electron chi connectivity index (χ2n) is 6.53. The molecule has 1 aromatic carbocycles. The standard InChI is InChI=1S/C17H22ClFN4O3S/c1-12-10-23(6-7-26-12)16(17-14(18)4-3-5-15(17)19)9-21-27(24,25)13-8-20-22(2)11-13/h3-5,8,11-12,16,21H,6-7,9-10H2,1-2H3/t12-,16+/m0/s1. The Labute approximate surface area is 163 Å². The number of morpholine rings is 1. The van der Waals surface area contributed by atoms with E-state index in [1.54, 1.807) is 13.1 Å². The van der Waals surface area contributed by atoms with Crippen LogP contribution in [0.3, 0.4) is 0 Å². The minimum absolute atomic E-state index is 0.0232. The van der Waals surface area contributed by atoms with Crippen molar-refractivity contribution in [3.63, 3.8) is 0 Å². The molecule has 1 saturated heterocycles. The van der Waals surface area contributed by atoms with Crippen LogP contribution in [-0.2, 0) is 21.8 Å². The molecule has 0 saturated carbocycles. The van der Waals surface area contributed by atoms with Gasteiger partial charge in [0.15, 0.2) is 0 Å². The average Bonchev–Trinajstić information content (AvgIpc) is 3.05. The van der Waals surface area contributed by atoms with Gasteiger partial charge in [0.1, 0.15) is 10.7 Å². The molecule has 2 heterocycles. The molecule has 0 radical (unpaired) electrons. The van der Waals surface area contributed by atoms with Crippen molar-refractivity contribution < 1.29 is 17.5 Å². The lowest BCUT2D eigenvalue weighted by Gasteiger charge is -2.38. The van der Waals surface area contributed by atoms with E-state index in [-0.39, 0.29) is 28.1 Å². The number of benzene rings is 1. The lowest BCUT2D eigenvalue weighted by molar-refractivity contribution is -0.0342. The molecule has 1 aromatic heterocycles. The second kappa shape index (κ2) is 8.24. The smallest absolute Gasteiger partial charge is 0.243 e. The van der Waals surface area contributed by atoms with Crippen molar-refractivity contribution in [3.8, 4) is 0 Å². The molecule has 148 valence electrons. The van der Waals surface area contributed by atoms with Crippen molar-refractivity contribution in [2.75, 3.05) is 26.2 Å². The SMILES string of the molecule is C[C@H]1CN([C@H](CNS(=O)(=O)c2cnn(C)c2)c2c(F)cccc2Cl)CCO1. The maximum atomic E-state index is 14.6. The molecule has 0 bridgehead atoms. The minimum Gasteiger partial charge on any atom is -0.376 e. The first-order valence-electron chi connectivity index (χ1n) is 8.56. The van der Waals surface area contributed by atoms with Crippen LogP contribution in [0.5, 0.6) is 0 Å². The Balaban J connectivity index is 1.88. The molecule has 2 atom stereocenters. The highest BCUT2D eigenvalue weighted by Gasteiger charge is 2.30. The predicted octanol–water partition coefficient (Wildman–Crippen LogP) is 1.95. The molecule has 0 spiro atoms. The summed E-state index contributed by atoms with van der Waals surface area (Å²) in [6, 6.07) is 3.90. The number of halogens is 2. The van der Waals surface area contributed by atoms with E-state index in [9.17, 15) is 12.8 Å². The maximum absolute atomic E-state index is 14.6. The Morgan fingerprint density at radius 3 is 2.89 bits per heavy atom. The first kappa shape index (κ1) is 20.2. The van der Waals surface area contributed by atoms with Gasteiger partial charge in [-0.25, -0.2) is 17.5 Å². The third kappa shape index (κ3) is 4.67. The first-order valence-corrected chi connectivity index (χ1v) is 10.4. The topological polar surface area (TPSA) is 76.5 Å². The summed E-state index contributed by atoms with van der Waals surface area (Å²) in [5, 5.41) is 4.15. The Morgan fingerprint density at radius 1 is 1.48 bits per heavy atom. The second-order valence-corrected chi connectivity index (χ2v) is 8.70. The van der Waals surface area contributed by atoms with Crippen LogP contribution in [0.15, 0.2) is 35.5 Å². The zero-order chi connectivity index (χ0) is 19.6. The highest BCUT2D eigenvalue weighted by Crippen LogP contribution is 2.31. The summed E-state index contributed by atoms with van der Waals surface area (Å²) in [5.74, 6) is -0.466. The van der Waals surface area contributed by atoms with Crippen LogP contribution >= 0.6 is 11.6 Å². The molecule has 3 rings (SSSR count). The molecule has 1 aliphatic heterocycles. The van der Waals surface area contributed by atoms with Crippen LogP contribution in [-0.4, -0.2) is 55.4 Å². The lowest BCUT2D eigenvalue weighted by atomic mass is 10.0. The fraction of sp³-hybridized carbons (Fsp3) is 0.471. The largest absolute Gasteiger partial charge is 0.376 e. The van der Waals surface area contributed by atoms with Gasteiger partial charge in [-0.3, -0.25) is 9.58 Å². The Bertz CT molecular complexity index is 885. The number of rotatable bonds is 6. The van der Waals surface area contributed by atoms with E-state index in [0.717, 1.165) is 0 Å². The van der Waals surface area contributed by atoms with E-state index in [0.29, 0.717) is 19.7 Å². The zero-order valence-electron chi connectivity index (χ0n) is 15.1. The van der Waals surface area contributed by atoms with Crippen LogP contribution in [0, 0.1) is 5.82 Å². The molecular formula is C17H22ClFN4O3S. The van der Waals surface area contributed by atoms with Gasteiger partial charge >= 0.3 is 0 Å². The predicted molar refractivity (Wildman–Crippen MR) is 99.5 cm³/mol. The molecule has 10 heteroatoms. The normalized spacial score (nSPS) is 19.9. The van der Waals surface area contributed by atoms with E-state index >= 15 is 0 Å². The number of hydrogen-bond acceptors (Lipinski definition) is 5. The van der Waals surface area contributed by atoms with Gasteiger partial charge in [-0.1, -0.05) is 17.7 Å². The van der Waals surface area contributed by atoms with Crippen LogP contribution in [0.1, 0.15) is 18.5 Å². The number of sulfonamides is 1. The lowest BCUT2D eigenvalue weighted by Crippen LogP contribution is -2.46. The summed E-state index contributed by atoms with van der Waals surface area (Å²) in [4.78, 5) is 2.04. The van der Waals surface area contributed by atoms with Crippen LogP contribution in [0.2, 0.25) is 5.02 Å². The summed E-state index contributed by atoms with van der Waals surface area (Å²) in [6.45, 7) is 3.48. The van der Waals surface area contributed by atoms with Crippen molar-refractivity contribution >= 4 is 21.6 Å². The fourth-order valence-corrected chi connectivity index (χ4v) is 4.49. The van der Waals surface area contributed by atoms with Crippen molar-refractivity contribution in [3.05, 3.63) is 47.0 Å². The van der Waals surface area contributed by atoms with Crippen LogP contribution in [0.4, 0.5) is 4.39 Å². The van der Waals surface area contributed by atoms with E-state index in [1.807, 2.05) is 11.8 Å². The molecule has 7 nitrogen and oxygen atoms in total. The Morgan fingerprint density at radius 2 is 2.26 bits per heavy atom. The highest BCUT2D eigenvalue weighted by molar-refractivity contribution is 7.89. The van der Waals surface area contributed by atoms with Gasteiger partial charge in [0.25, 0.3) is 0 Å². The molecule has 0 amide bonds. The third-order valence-electron chi connectivity index (χ3n) is 4.50. The number of nitrogens with zero attached hydrogens (tertiary/aromatic N) is 3. The Hall–Kier alpha value is -1.52. The van der Waals surface area contributed by atoms with Crippen molar-refractivity contribution in [2.24, 2.45) is 7.05 Å². The molecule has 1 fully saturated rings. The third-order valence-corrected chi connectivity index (χ3v) is 6.21. The van der Waals surface area contributed by atoms with Crippen LogP contribution < -0.4 is 4.72 Å². The van der Waals surface area contributed by atoms with E-state index in [2.05, 4.69) is 9.82 Å². The van der Waals surface area contributed by atoms with Gasteiger partial charge in [-0.05, 0) is 19.1 Å². The number of aryl methyl sites for hydroxylation is 1. The highest BCUT2D eigenvalue weighted by atomic mass is 35.5. The summed E-state index contributed by atoms with van der Waals surface area (Å²) < 4.78 is 49.2. The summed E-state index contributed by atoms with van der Waals surface area (Å²) in [7, 11) is -2.14. The maximum Gasteiger partial charge on any atom is 0.243 e. The summed E-state index contributed by atoms with van der Waals surface area (Å²) in [6.07, 6.45) is 2.63. The molecule has 27 heavy (non-hydrogen) atoms. The van der Waals surface area contributed by atoms with Gasteiger partial charge in [0.2, 0.25) is 10.0 Å². The van der Waals surface area contributed by atoms with Gasteiger partial charge in [-0.15, -0.1) is 0 Å². The number of ether oxygens (including phenoxy) is 1. The van der Waals surface area contributed by atoms with Crippen LogP contribution in [0.25, 0.3) is 0 Å². The Kier molecular flexibility index (Phi) is 6.17. The zero-order valence-corrected chi connectivity index (χ0v) is 16.7. The van der Waals surface area contributed by atoms with E-state index < -0.39 is 21.9 Å². The van der Waals surface area contributed by atoms with E-state index in [1.165, 1.54) is 29.2 Å². The molecule has 1 N–H and O–H groups in total. The fourth-order valence-electron chi connectivity index (χ4n) is 3.18. The molecule has 0 unspecified atom stereocenters. The van der Waals surface area contributed by atoms with Gasteiger partial charge in [0.05, 0.1) is 24.9 Å². The first-order chi connectivity index (χ1) is 12.8. The quantitative estimate of drug-likeness (QED) is 0.778. The molecular weight excluding hydrogens is 395 g/mol. The number of aromatic nitrogens is 2. The molecule has 0 aliphatic carbocycles. The number of nitrogens with one attached hydrogen (secondary N) is 1. The van der Waals surface area contributed by atoms with Gasteiger partial charge in [0, 0.05) is 43.5 Å². The number of hydrogen-bond donors (Lipinski definition) is 1. The van der Waals surface area contributed by atoms with E-state index in [4.69, 9.17) is 16.3 Å². The summed E-state index contributed by atoms with van der Waals surface area (Å²) in [5.41, 5.74) is 0.280. The molecule has 1 aliphatic rings. The van der Waals surface area contributed by atoms with Gasteiger partial charge < -0.3 is 4.74 Å². The van der Waals surface area contributed by atoms with Crippen molar-refractivity contribution in [1.29, 1.82) is 0 Å². The van der Waals surface area contributed by atoms with Crippen molar-refractivity contribution in [2.45, 2.75) is 24.0 Å². The average molecular weight is 417 g/mol.